The fraction of sp³-hybridized carbons (Fsp3) is 0.588. The van der Waals surface area contributed by atoms with Gasteiger partial charge in [0.25, 0.3) is 0 Å². The van der Waals surface area contributed by atoms with E-state index >= 15 is 0 Å². The van der Waals surface area contributed by atoms with Crippen LogP contribution in [-0.4, -0.2) is 84.7 Å². The van der Waals surface area contributed by atoms with E-state index in [9.17, 15) is 14.0 Å². The fourth-order valence-electron chi connectivity index (χ4n) is 5.85. The van der Waals surface area contributed by atoms with Crippen molar-refractivity contribution in [1.29, 1.82) is 0 Å². The first-order valence-corrected chi connectivity index (χ1v) is 15.6. The third-order valence-corrected chi connectivity index (χ3v) is 8.39. The summed E-state index contributed by atoms with van der Waals surface area (Å²) in [6.45, 7) is 13.7. The number of benzene rings is 2. The molecular weight excluding hydrogens is 533 g/mol. The van der Waals surface area contributed by atoms with Crippen LogP contribution in [0.3, 0.4) is 0 Å². The van der Waals surface area contributed by atoms with Crippen LogP contribution < -0.4 is 4.74 Å². The largest absolute Gasteiger partial charge is 0.493 e. The Balaban J connectivity index is 1.32. The molecule has 4 rings (SSSR count). The molecule has 1 atom stereocenters. The van der Waals surface area contributed by atoms with Crippen molar-refractivity contribution in [1.82, 2.24) is 14.7 Å². The molecule has 0 saturated carbocycles. The van der Waals surface area contributed by atoms with Crippen LogP contribution in [0, 0.1) is 17.7 Å². The van der Waals surface area contributed by atoms with Gasteiger partial charge in [0, 0.05) is 32.2 Å². The Labute approximate surface area is 251 Å². The lowest BCUT2D eigenvalue weighted by atomic mass is 10.00. The Morgan fingerprint density at radius 3 is 2.31 bits per heavy atom. The van der Waals surface area contributed by atoms with E-state index in [-0.39, 0.29) is 29.9 Å². The van der Waals surface area contributed by atoms with E-state index in [4.69, 9.17) is 9.47 Å². The van der Waals surface area contributed by atoms with Gasteiger partial charge in [0.2, 0.25) is 5.91 Å². The van der Waals surface area contributed by atoms with Gasteiger partial charge in [-0.25, -0.2) is 9.18 Å². The smallest absolute Gasteiger partial charge is 0.410 e. The van der Waals surface area contributed by atoms with Crippen LogP contribution in [0.2, 0.25) is 0 Å². The number of cyclic esters (lactones) is 1. The minimum absolute atomic E-state index is 0.124. The molecule has 230 valence electrons. The van der Waals surface area contributed by atoms with Crippen LogP contribution in [0.1, 0.15) is 58.1 Å². The molecule has 0 aliphatic carbocycles. The summed E-state index contributed by atoms with van der Waals surface area (Å²) in [5.74, 6) is 1.52. The Morgan fingerprint density at radius 1 is 1.00 bits per heavy atom. The lowest BCUT2D eigenvalue weighted by Gasteiger charge is -2.39. The van der Waals surface area contributed by atoms with Gasteiger partial charge in [-0.2, -0.15) is 0 Å². The normalized spacial score (nSPS) is 18.1. The molecule has 2 saturated heterocycles. The maximum Gasteiger partial charge on any atom is 0.410 e. The van der Waals surface area contributed by atoms with Gasteiger partial charge >= 0.3 is 6.09 Å². The van der Waals surface area contributed by atoms with Gasteiger partial charge in [0.05, 0.1) is 19.1 Å². The van der Waals surface area contributed by atoms with Crippen LogP contribution in [-0.2, 0) is 22.4 Å². The van der Waals surface area contributed by atoms with Crippen molar-refractivity contribution < 1.29 is 23.5 Å². The van der Waals surface area contributed by atoms with Crippen molar-refractivity contribution in [3.63, 3.8) is 0 Å². The van der Waals surface area contributed by atoms with Crippen molar-refractivity contribution in [3.05, 3.63) is 65.5 Å². The predicted molar refractivity (Wildman–Crippen MR) is 163 cm³/mol. The van der Waals surface area contributed by atoms with E-state index < -0.39 is 0 Å². The summed E-state index contributed by atoms with van der Waals surface area (Å²) in [6.07, 6.45) is 3.58. The topological polar surface area (TPSA) is 62.3 Å². The molecule has 0 unspecified atom stereocenters. The Hall–Kier alpha value is -3.13. The van der Waals surface area contributed by atoms with Gasteiger partial charge < -0.3 is 24.2 Å². The van der Waals surface area contributed by atoms with Crippen LogP contribution in [0.15, 0.2) is 48.5 Å². The second-order valence-corrected chi connectivity index (χ2v) is 12.5. The molecule has 2 aliphatic heterocycles. The molecule has 2 amide bonds. The van der Waals surface area contributed by atoms with E-state index in [2.05, 4.69) is 37.5 Å². The highest BCUT2D eigenvalue weighted by molar-refractivity contribution is 5.79. The molecule has 0 bridgehead atoms. The Kier molecular flexibility index (Phi) is 11.6. The SMILES string of the molecule is CC(C)COc1ccc(CC(=O)N(CCc2ccc(F)cc2)C2CCN(CCCN3C(=O)OC[C@@H]3C(C)C)CC2)cc1. The molecule has 2 heterocycles. The highest BCUT2D eigenvalue weighted by atomic mass is 19.1. The number of carbonyl (C=O) groups is 2. The minimum atomic E-state index is -0.249. The molecular formula is C34H48FN3O4. The van der Waals surface area contributed by atoms with E-state index in [0.717, 1.165) is 55.8 Å². The third kappa shape index (κ3) is 9.18. The van der Waals surface area contributed by atoms with Crippen LogP contribution in [0.4, 0.5) is 9.18 Å². The number of likely N-dealkylation sites (tertiary alicyclic amines) is 1. The summed E-state index contributed by atoms with van der Waals surface area (Å²) >= 11 is 0. The zero-order chi connectivity index (χ0) is 30.1. The number of halogens is 1. The average molecular weight is 582 g/mol. The van der Waals surface area contributed by atoms with Crippen molar-refractivity contribution >= 4 is 12.0 Å². The number of ether oxygens (including phenoxy) is 2. The fourth-order valence-corrected chi connectivity index (χ4v) is 5.85. The van der Waals surface area contributed by atoms with Crippen LogP contribution >= 0.6 is 0 Å². The number of hydrogen-bond donors (Lipinski definition) is 0. The number of amides is 2. The molecule has 0 aromatic heterocycles. The molecule has 0 N–H and O–H groups in total. The lowest BCUT2D eigenvalue weighted by Crippen LogP contribution is -2.49. The molecule has 42 heavy (non-hydrogen) atoms. The van der Waals surface area contributed by atoms with Crippen molar-refractivity contribution in [2.75, 3.05) is 45.9 Å². The van der Waals surface area contributed by atoms with Gasteiger partial charge in [-0.3, -0.25) is 4.79 Å². The molecule has 0 spiro atoms. The van der Waals surface area contributed by atoms with Gasteiger partial charge in [-0.15, -0.1) is 0 Å². The summed E-state index contributed by atoms with van der Waals surface area (Å²) in [7, 11) is 0. The van der Waals surface area contributed by atoms with Crippen LogP contribution in [0.5, 0.6) is 5.75 Å². The number of rotatable bonds is 14. The standard InChI is InChI=1S/C34H48FN3O4/c1-25(2)23-41-31-12-8-28(9-13-31)22-33(39)37(21-14-27-6-10-29(35)11-7-27)30-15-19-36(20-16-30)17-5-18-38-32(26(3)4)24-42-34(38)40/h6-13,25-26,30,32H,5,14-24H2,1-4H3/t32-/m1/s1. The average Bonchev–Trinajstić information content (AvgIpc) is 3.34. The molecule has 2 aliphatic rings. The highest BCUT2D eigenvalue weighted by Gasteiger charge is 2.34. The maximum atomic E-state index is 13.7. The summed E-state index contributed by atoms with van der Waals surface area (Å²) in [5.41, 5.74) is 2.00. The molecule has 2 fully saturated rings. The van der Waals surface area contributed by atoms with E-state index in [1.807, 2.05) is 29.2 Å². The molecule has 0 radical (unpaired) electrons. The van der Waals surface area contributed by atoms with Gasteiger partial charge in [-0.1, -0.05) is 52.0 Å². The summed E-state index contributed by atoms with van der Waals surface area (Å²) in [4.78, 5) is 32.2. The third-order valence-electron chi connectivity index (χ3n) is 8.39. The maximum absolute atomic E-state index is 13.7. The number of nitrogens with zero attached hydrogens (tertiary/aromatic N) is 3. The Bertz CT molecular complexity index is 1130. The van der Waals surface area contributed by atoms with Gasteiger partial charge in [0.15, 0.2) is 0 Å². The summed E-state index contributed by atoms with van der Waals surface area (Å²) in [5, 5.41) is 0. The molecule has 2 aromatic rings. The lowest BCUT2D eigenvalue weighted by molar-refractivity contribution is -0.133. The predicted octanol–water partition coefficient (Wildman–Crippen LogP) is 5.81. The molecule has 2 aromatic carbocycles. The first-order valence-electron chi connectivity index (χ1n) is 15.6. The summed E-state index contributed by atoms with van der Waals surface area (Å²) in [6, 6.07) is 14.7. The van der Waals surface area contributed by atoms with Crippen molar-refractivity contribution in [2.24, 2.45) is 11.8 Å². The highest BCUT2D eigenvalue weighted by Crippen LogP contribution is 2.22. The second-order valence-electron chi connectivity index (χ2n) is 12.5. The quantitative estimate of drug-likeness (QED) is 0.282. The van der Waals surface area contributed by atoms with Gasteiger partial charge in [0.1, 0.15) is 18.2 Å². The Morgan fingerprint density at radius 2 is 1.67 bits per heavy atom. The number of piperidine rings is 1. The minimum Gasteiger partial charge on any atom is -0.493 e. The first-order chi connectivity index (χ1) is 20.2. The van der Waals surface area contributed by atoms with E-state index in [1.165, 1.54) is 12.1 Å². The second kappa shape index (κ2) is 15.4. The summed E-state index contributed by atoms with van der Waals surface area (Å²) < 4.78 is 24.5. The number of carbonyl (C=O) groups excluding carboxylic acids is 2. The zero-order valence-electron chi connectivity index (χ0n) is 25.8. The van der Waals surface area contributed by atoms with E-state index in [0.29, 0.717) is 51.0 Å². The number of hydrogen-bond acceptors (Lipinski definition) is 5. The zero-order valence-corrected chi connectivity index (χ0v) is 25.8. The van der Waals surface area contributed by atoms with Crippen molar-refractivity contribution in [2.45, 2.75) is 71.9 Å². The monoisotopic (exact) mass is 581 g/mol. The molecule has 7 nitrogen and oxygen atoms in total. The molecule has 8 heteroatoms. The van der Waals surface area contributed by atoms with Crippen LogP contribution in [0.25, 0.3) is 0 Å². The van der Waals surface area contributed by atoms with Gasteiger partial charge in [-0.05, 0) is 79.5 Å². The van der Waals surface area contributed by atoms with E-state index in [1.54, 1.807) is 12.1 Å². The first kappa shape index (κ1) is 31.8. The van der Waals surface area contributed by atoms with Crippen molar-refractivity contribution in [3.8, 4) is 5.75 Å².